The van der Waals surface area contributed by atoms with Crippen molar-refractivity contribution in [3.63, 3.8) is 0 Å². The summed E-state index contributed by atoms with van der Waals surface area (Å²) in [6.07, 6.45) is 19.7. The van der Waals surface area contributed by atoms with Crippen LogP contribution in [0.2, 0.25) is 0 Å². The van der Waals surface area contributed by atoms with E-state index in [0.717, 1.165) is 0 Å². The fraction of sp³-hybridized carbons (Fsp3) is 1.00. The van der Waals surface area contributed by atoms with E-state index in [1.54, 1.807) is 0 Å². The van der Waals surface area contributed by atoms with Crippen LogP contribution in [-0.4, -0.2) is 6.04 Å². The summed E-state index contributed by atoms with van der Waals surface area (Å²) in [5.41, 5.74) is 6.46. The molecule has 1 unspecified atom stereocenters. The smallest absolute Gasteiger partial charge is 0.00876 e. The number of hydrogen-bond donors (Lipinski definition) is 1. The summed E-state index contributed by atoms with van der Waals surface area (Å²) in [4.78, 5) is 0. The van der Waals surface area contributed by atoms with Gasteiger partial charge in [-0.3, -0.25) is 0 Å². The summed E-state index contributed by atoms with van der Waals surface area (Å²) in [5.74, 6) is 0. The minimum Gasteiger partial charge on any atom is -0.327 e. The first-order valence-electron chi connectivity index (χ1n) is 9.74. The number of rotatable bonds is 14. The normalized spacial score (nSPS) is 13.0. The number of hydrogen-bond acceptors (Lipinski definition) is 1. The minimum absolute atomic E-state index is 0. The quantitative estimate of drug-likeness (QED) is 0.227. The van der Waals surface area contributed by atoms with Gasteiger partial charge in [-0.05, 0) is 11.8 Å². The fourth-order valence-electron chi connectivity index (χ4n) is 2.82. The van der Waals surface area contributed by atoms with E-state index < -0.39 is 0 Å². The molecule has 2 N–H and O–H groups in total. The first-order valence-corrected chi connectivity index (χ1v) is 9.74. The summed E-state index contributed by atoms with van der Waals surface area (Å²) in [6, 6.07) is 0.366. The molecule has 0 aromatic rings. The molecule has 0 bridgehead atoms. The van der Waals surface area contributed by atoms with Crippen LogP contribution in [0.4, 0.5) is 0 Å². The van der Waals surface area contributed by atoms with Gasteiger partial charge in [-0.1, -0.05) is 111 Å². The maximum Gasteiger partial charge on any atom is 0.00876 e. The summed E-state index contributed by atoms with van der Waals surface area (Å²) < 4.78 is 0. The van der Waals surface area contributed by atoms with Gasteiger partial charge in [0.25, 0.3) is 0 Å². The third-order valence-corrected chi connectivity index (χ3v) is 4.73. The molecule has 136 valence electrons. The highest BCUT2D eigenvalue weighted by Gasteiger charge is 2.19. The molecule has 2 heteroatoms. The maximum absolute atomic E-state index is 6.19. The van der Waals surface area contributed by atoms with Gasteiger partial charge in [-0.25, -0.2) is 0 Å². The van der Waals surface area contributed by atoms with Crippen LogP contribution in [0.3, 0.4) is 0 Å². The molecule has 0 spiro atoms. The van der Waals surface area contributed by atoms with E-state index in [4.69, 9.17) is 5.73 Å². The Morgan fingerprint density at radius 3 is 1.27 bits per heavy atom. The average molecular weight is 425 g/mol. The molecule has 0 aromatic heterocycles. The molecule has 0 saturated heterocycles. The van der Waals surface area contributed by atoms with Gasteiger partial charge in [0.05, 0.1) is 0 Å². The van der Waals surface area contributed by atoms with Gasteiger partial charge >= 0.3 is 0 Å². The monoisotopic (exact) mass is 425 g/mol. The molecule has 1 atom stereocenters. The molecular weight excluding hydrogens is 381 g/mol. The Balaban J connectivity index is 0. The summed E-state index contributed by atoms with van der Waals surface area (Å²) in [5, 5.41) is 0. The highest BCUT2D eigenvalue weighted by atomic mass is 127. The lowest BCUT2D eigenvalue weighted by Gasteiger charge is -2.26. The van der Waals surface area contributed by atoms with Gasteiger partial charge in [-0.2, -0.15) is 0 Å². The number of unbranched alkanes of at least 4 members (excludes halogenated alkanes) is 12. The zero-order valence-electron chi connectivity index (χ0n) is 16.0. The lowest BCUT2D eigenvalue weighted by Crippen LogP contribution is -2.34. The van der Waals surface area contributed by atoms with E-state index in [1.165, 1.54) is 89.9 Å². The highest BCUT2D eigenvalue weighted by molar-refractivity contribution is 14.0. The van der Waals surface area contributed by atoms with Crippen LogP contribution in [0.1, 0.15) is 118 Å². The van der Waals surface area contributed by atoms with Crippen LogP contribution in [0.5, 0.6) is 0 Å². The van der Waals surface area contributed by atoms with Gasteiger partial charge in [0.2, 0.25) is 0 Å². The van der Waals surface area contributed by atoms with Gasteiger partial charge in [0, 0.05) is 6.04 Å². The van der Waals surface area contributed by atoms with Crippen molar-refractivity contribution in [3.8, 4) is 0 Å². The van der Waals surface area contributed by atoms with Crippen LogP contribution in [0.25, 0.3) is 0 Å². The Bertz CT molecular complexity index is 210. The standard InChI is InChI=1S/C20H43N.HI/c1-5-6-7-8-9-10-11-12-13-14-15-16-17-18-19(21)20(2,3)4;/h19H,5-18,21H2,1-4H3;1H. The molecular formula is C20H44IN. The molecule has 0 aromatic carbocycles. The highest BCUT2D eigenvalue weighted by Crippen LogP contribution is 2.22. The molecule has 0 aliphatic rings. The Kier molecular flexibility index (Phi) is 18.8. The Hall–Kier alpha value is 0.690. The molecule has 0 amide bonds. The van der Waals surface area contributed by atoms with Crippen LogP contribution in [-0.2, 0) is 0 Å². The van der Waals surface area contributed by atoms with E-state index in [-0.39, 0.29) is 29.4 Å². The largest absolute Gasteiger partial charge is 0.327 e. The van der Waals surface area contributed by atoms with Crippen molar-refractivity contribution in [2.75, 3.05) is 0 Å². The predicted octanol–water partition coefficient (Wildman–Crippen LogP) is 7.46. The van der Waals surface area contributed by atoms with E-state index in [2.05, 4.69) is 27.7 Å². The Labute approximate surface area is 158 Å². The van der Waals surface area contributed by atoms with Crippen molar-refractivity contribution in [2.24, 2.45) is 11.1 Å². The van der Waals surface area contributed by atoms with Crippen LogP contribution >= 0.6 is 24.0 Å². The third-order valence-electron chi connectivity index (χ3n) is 4.73. The first kappa shape index (κ1) is 24.9. The van der Waals surface area contributed by atoms with Crippen molar-refractivity contribution in [3.05, 3.63) is 0 Å². The fourth-order valence-corrected chi connectivity index (χ4v) is 2.82. The Morgan fingerprint density at radius 2 is 0.955 bits per heavy atom. The van der Waals surface area contributed by atoms with E-state index in [1.807, 2.05) is 0 Å². The zero-order valence-corrected chi connectivity index (χ0v) is 18.3. The molecule has 22 heavy (non-hydrogen) atoms. The average Bonchev–Trinajstić information content (AvgIpc) is 2.42. The molecule has 0 radical (unpaired) electrons. The van der Waals surface area contributed by atoms with Gasteiger partial charge in [-0.15, -0.1) is 24.0 Å². The molecule has 0 aliphatic carbocycles. The lowest BCUT2D eigenvalue weighted by atomic mass is 9.84. The van der Waals surface area contributed by atoms with E-state index >= 15 is 0 Å². The van der Waals surface area contributed by atoms with Crippen molar-refractivity contribution in [2.45, 2.75) is 124 Å². The van der Waals surface area contributed by atoms with Crippen molar-refractivity contribution in [1.82, 2.24) is 0 Å². The second kappa shape index (κ2) is 16.5. The lowest BCUT2D eigenvalue weighted by molar-refractivity contribution is 0.298. The zero-order chi connectivity index (χ0) is 16.0. The molecule has 0 saturated carbocycles. The topological polar surface area (TPSA) is 26.0 Å². The molecule has 0 fully saturated rings. The second-order valence-corrected chi connectivity index (χ2v) is 8.00. The molecule has 0 aliphatic heterocycles. The third kappa shape index (κ3) is 17.1. The minimum atomic E-state index is 0. The van der Waals surface area contributed by atoms with Crippen LogP contribution in [0, 0.1) is 5.41 Å². The van der Waals surface area contributed by atoms with Crippen molar-refractivity contribution < 1.29 is 0 Å². The van der Waals surface area contributed by atoms with Crippen molar-refractivity contribution >= 4 is 24.0 Å². The van der Waals surface area contributed by atoms with Gasteiger partial charge in [0.1, 0.15) is 0 Å². The second-order valence-electron chi connectivity index (χ2n) is 8.00. The predicted molar refractivity (Wildman–Crippen MR) is 113 cm³/mol. The van der Waals surface area contributed by atoms with Crippen LogP contribution < -0.4 is 5.73 Å². The van der Waals surface area contributed by atoms with Gasteiger partial charge in [0.15, 0.2) is 0 Å². The van der Waals surface area contributed by atoms with E-state index in [9.17, 15) is 0 Å². The Morgan fingerprint density at radius 1 is 0.636 bits per heavy atom. The van der Waals surface area contributed by atoms with Gasteiger partial charge < -0.3 is 5.73 Å². The number of nitrogens with two attached hydrogens (primary N) is 1. The van der Waals surface area contributed by atoms with E-state index in [0.29, 0.717) is 6.04 Å². The van der Waals surface area contributed by atoms with Crippen LogP contribution in [0.15, 0.2) is 0 Å². The van der Waals surface area contributed by atoms with Crippen molar-refractivity contribution in [1.29, 1.82) is 0 Å². The molecule has 0 rings (SSSR count). The first-order chi connectivity index (χ1) is 9.98. The molecule has 1 nitrogen and oxygen atoms in total. The maximum atomic E-state index is 6.19. The SMILES string of the molecule is CCCCCCCCCCCCCCCC(N)C(C)(C)C.I. The molecule has 0 heterocycles. The summed E-state index contributed by atoms with van der Waals surface area (Å²) in [7, 11) is 0. The summed E-state index contributed by atoms with van der Waals surface area (Å²) >= 11 is 0. The summed E-state index contributed by atoms with van der Waals surface area (Å²) in [6.45, 7) is 9.04. The number of halogens is 1.